The lowest BCUT2D eigenvalue weighted by Crippen LogP contribution is -1.92. The standard InChI is InChI=1S/C19H19N3O2/c1-3-4-5-6-7-15-16-18(20)21-12-22-19(16)24-17(15)13-8-10-14(23-2)11-9-13/h8-12H,3-5H2,1-2H3,(H2,20,21,22). The van der Waals surface area contributed by atoms with Crippen molar-refractivity contribution in [3.8, 4) is 28.9 Å². The van der Waals surface area contributed by atoms with Crippen LogP contribution in [0.3, 0.4) is 0 Å². The molecule has 1 aromatic carbocycles. The van der Waals surface area contributed by atoms with Gasteiger partial charge in [-0.15, -0.1) is 0 Å². The first-order valence-electron chi connectivity index (χ1n) is 7.90. The van der Waals surface area contributed by atoms with Crippen LogP contribution in [0.5, 0.6) is 5.75 Å². The number of methoxy groups -OCH3 is 1. The Morgan fingerprint density at radius 2 is 2.00 bits per heavy atom. The van der Waals surface area contributed by atoms with Gasteiger partial charge in [-0.3, -0.25) is 0 Å². The monoisotopic (exact) mass is 321 g/mol. The van der Waals surface area contributed by atoms with Gasteiger partial charge in [-0.2, -0.15) is 0 Å². The number of hydrogen-bond donors (Lipinski definition) is 1. The SMILES string of the molecule is CCCCC#Cc1c(-c2ccc(OC)cc2)oc2ncnc(N)c12. The highest BCUT2D eigenvalue weighted by Crippen LogP contribution is 2.34. The fourth-order valence-corrected chi connectivity index (χ4v) is 2.44. The minimum atomic E-state index is 0.378. The summed E-state index contributed by atoms with van der Waals surface area (Å²) in [7, 11) is 1.64. The number of fused-ring (bicyclic) bond motifs is 1. The van der Waals surface area contributed by atoms with Crippen molar-refractivity contribution in [1.29, 1.82) is 0 Å². The lowest BCUT2D eigenvalue weighted by Gasteiger charge is -2.01. The van der Waals surface area contributed by atoms with Crippen molar-refractivity contribution in [1.82, 2.24) is 9.97 Å². The Hall–Kier alpha value is -3.00. The van der Waals surface area contributed by atoms with E-state index in [0.29, 0.717) is 22.7 Å². The van der Waals surface area contributed by atoms with Crippen molar-refractivity contribution in [2.75, 3.05) is 12.8 Å². The summed E-state index contributed by atoms with van der Waals surface area (Å²) in [5.41, 5.74) is 8.11. The van der Waals surface area contributed by atoms with E-state index in [-0.39, 0.29) is 0 Å². The summed E-state index contributed by atoms with van der Waals surface area (Å²) in [6.45, 7) is 2.14. The van der Waals surface area contributed by atoms with Gasteiger partial charge >= 0.3 is 0 Å². The van der Waals surface area contributed by atoms with E-state index < -0.39 is 0 Å². The number of ether oxygens (including phenoxy) is 1. The summed E-state index contributed by atoms with van der Waals surface area (Å²) in [5, 5.41) is 0.673. The number of benzene rings is 1. The molecular formula is C19H19N3O2. The van der Waals surface area contributed by atoms with Crippen LogP contribution in [-0.4, -0.2) is 17.1 Å². The summed E-state index contributed by atoms with van der Waals surface area (Å²) in [6.07, 6.45) is 4.40. The van der Waals surface area contributed by atoms with Crippen molar-refractivity contribution in [2.24, 2.45) is 0 Å². The van der Waals surface area contributed by atoms with Crippen molar-refractivity contribution >= 4 is 16.9 Å². The Labute approximate surface area is 140 Å². The van der Waals surface area contributed by atoms with Crippen LogP contribution in [0, 0.1) is 11.8 Å². The van der Waals surface area contributed by atoms with E-state index in [0.717, 1.165) is 36.1 Å². The van der Waals surface area contributed by atoms with Gasteiger partial charge in [0.15, 0.2) is 5.76 Å². The number of anilines is 1. The highest BCUT2D eigenvalue weighted by atomic mass is 16.5. The predicted octanol–water partition coefficient (Wildman–Crippen LogP) is 4.02. The second-order valence-electron chi connectivity index (χ2n) is 5.38. The number of furan rings is 1. The van der Waals surface area contributed by atoms with Crippen LogP contribution in [0.4, 0.5) is 5.82 Å². The largest absolute Gasteiger partial charge is 0.497 e. The van der Waals surface area contributed by atoms with Gasteiger partial charge in [-0.25, -0.2) is 9.97 Å². The zero-order chi connectivity index (χ0) is 16.9. The minimum absolute atomic E-state index is 0.378. The van der Waals surface area contributed by atoms with Crippen LogP contribution < -0.4 is 10.5 Å². The first-order chi connectivity index (χ1) is 11.7. The fourth-order valence-electron chi connectivity index (χ4n) is 2.44. The maximum absolute atomic E-state index is 6.03. The molecule has 0 amide bonds. The van der Waals surface area contributed by atoms with E-state index in [1.807, 2.05) is 24.3 Å². The molecule has 0 saturated carbocycles. The second-order valence-corrected chi connectivity index (χ2v) is 5.38. The molecule has 3 rings (SSSR count). The normalized spacial score (nSPS) is 10.4. The van der Waals surface area contributed by atoms with Gasteiger partial charge in [0.05, 0.1) is 18.1 Å². The number of nitrogens with zero attached hydrogens (tertiary/aromatic N) is 2. The third-order valence-electron chi connectivity index (χ3n) is 3.74. The first-order valence-corrected chi connectivity index (χ1v) is 7.90. The molecule has 122 valence electrons. The van der Waals surface area contributed by atoms with Crippen molar-refractivity contribution in [3.63, 3.8) is 0 Å². The van der Waals surface area contributed by atoms with E-state index in [1.165, 1.54) is 6.33 Å². The molecule has 2 heterocycles. The molecule has 0 bridgehead atoms. The number of hydrogen-bond acceptors (Lipinski definition) is 5. The van der Waals surface area contributed by atoms with Crippen LogP contribution in [0.1, 0.15) is 31.7 Å². The molecule has 2 aromatic heterocycles. The van der Waals surface area contributed by atoms with E-state index in [4.69, 9.17) is 14.9 Å². The molecule has 0 saturated heterocycles. The third-order valence-corrected chi connectivity index (χ3v) is 3.74. The molecule has 5 nitrogen and oxygen atoms in total. The van der Waals surface area contributed by atoms with Gasteiger partial charge in [0, 0.05) is 12.0 Å². The van der Waals surface area contributed by atoms with Gasteiger partial charge in [0.2, 0.25) is 5.71 Å². The molecule has 2 N–H and O–H groups in total. The summed E-state index contributed by atoms with van der Waals surface area (Å²) < 4.78 is 11.1. The average Bonchev–Trinajstić information content (AvgIpc) is 2.99. The summed E-state index contributed by atoms with van der Waals surface area (Å²) >= 11 is 0. The highest BCUT2D eigenvalue weighted by Gasteiger charge is 2.18. The molecule has 0 fully saturated rings. The van der Waals surface area contributed by atoms with Crippen molar-refractivity contribution in [3.05, 3.63) is 36.2 Å². The number of rotatable bonds is 4. The highest BCUT2D eigenvalue weighted by molar-refractivity contribution is 5.95. The maximum atomic E-state index is 6.03. The number of aromatic nitrogens is 2. The van der Waals surface area contributed by atoms with Crippen LogP contribution in [0.15, 0.2) is 35.0 Å². The van der Waals surface area contributed by atoms with Crippen molar-refractivity contribution in [2.45, 2.75) is 26.2 Å². The summed E-state index contributed by atoms with van der Waals surface area (Å²) in [4.78, 5) is 8.24. The van der Waals surface area contributed by atoms with Gasteiger partial charge in [0.1, 0.15) is 17.9 Å². The molecule has 0 aliphatic heterocycles. The predicted molar refractivity (Wildman–Crippen MR) is 94.6 cm³/mol. The Bertz CT molecular complexity index is 902. The molecule has 0 spiro atoms. The lowest BCUT2D eigenvalue weighted by molar-refractivity contribution is 0.415. The third kappa shape index (κ3) is 3.04. The molecule has 0 unspecified atom stereocenters. The number of unbranched alkanes of at least 4 members (excludes halogenated alkanes) is 2. The Balaban J connectivity index is 2.14. The topological polar surface area (TPSA) is 74.2 Å². The molecule has 0 aliphatic rings. The molecule has 0 radical (unpaired) electrons. The molecule has 24 heavy (non-hydrogen) atoms. The summed E-state index contributed by atoms with van der Waals surface area (Å²) in [5.74, 6) is 8.22. The van der Waals surface area contributed by atoms with Gasteiger partial charge in [0.25, 0.3) is 0 Å². The van der Waals surface area contributed by atoms with Gasteiger partial charge in [-0.1, -0.05) is 25.2 Å². The van der Waals surface area contributed by atoms with E-state index in [1.54, 1.807) is 7.11 Å². The van der Waals surface area contributed by atoms with E-state index in [9.17, 15) is 0 Å². The Morgan fingerprint density at radius 1 is 1.21 bits per heavy atom. The molecular weight excluding hydrogens is 302 g/mol. The summed E-state index contributed by atoms with van der Waals surface area (Å²) in [6, 6.07) is 7.62. The first kappa shape index (κ1) is 15.9. The Kier molecular flexibility index (Phi) is 4.66. The molecule has 3 aromatic rings. The van der Waals surface area contributed by atoms with E-state index in [2.05, 4.69) is 28.7 Å². The maximum Gasteiger partial charge on any atom is 0.233 e. The van der Waals surface area contributed by atoms with Gasteiger partial charge in [-0.05, 0) is 30.7 Å². The lowest BCUT2D eigenvalue weighted by atomic mass is 10.1. The van der Waals surface area contributed by atoms with Crippen LogP contribution in [-0.2, 0) is 0 Å². The molecule has 0 atom stereocenters. The van der Waals surface area contributed by atoms with Crippen LogP contribution in [0.2, 0.25) is 0 Å². The van der Waals surface area contributed by atoms with Crippen molar-refractivity contribution < 1.29 is 9.15 Å². The van der Waals surface area contributed by atoms with E-state index >= 15 is 0 Å². The average molecular weight is 321 g/mol. The second kappa shape index (κ2) is 7.05. The van der Waals surface area contributed by atoms with Crippen LogP contribution >= 0.6 is 0 Å². The smallest absolute Gasteiger partial charge is 0.233 e. The van der Waals surface area contributed by atoms with Gasteiger partial charge < -0.3 is 14.9 Å². The zero-order valence-corrected chi connectivity index (χ0v) is 13.8. The van der Waals surface area contributed by atoms with Crippen LogP contribution in [0.25, 0.3) is 22.4 Å². The number of nitrogens with two attached hydrogens (primary N) is 1. The fraction of sp³-hybridized carbons (Fsp3) is 0.263. The quantitative estimate of drug-likeness (QED) is 0.580. The Morgan fingerprint density at radius 3 is 2.71 bits per heavy atom. The molecule has 5 heteroatoms. The molecule has 0 aliphatic carbocycles. The number of nitrogen functional groups attached to an aromatic ring is 1. The zero-order valence-electron chi connectivity index (χ0n) is 13.8. The minimum Gasteiger partial charge on any atom is -0.497 e.